The van der Waals surface area contributed by atoms with Gasteiger partial charge in [0, 0.05) is 19.4 Å². The number of benzene rings is 1. The Bertz CT molecular complexity index is 753. The first-order chi connectivity index (χ1) is 11.8. The lowest BCUT2D eigenvalue weighted by atomic mass is 9.95. The van der Waals surface area contributed by atoms with Gasteiger partial charge in [0.25, 0.3) is 0 Å². The van der Waals surface area contributed by atoms with Crippen molar-refractivity contribution in [3.8, 4) is 11.1 Å². The standard InChI is InChI=1S/C20H24N2O3/c1-20(2,3)25-19(23)22(4)12-18-16-7-5-6-15(17(16)13-24-18)14-8-10-21-11-9-14/h5-11,18H,12-13H2,1-4H3/t18-/m1/s1. The minimum Gasteiger partial charge on any atom is -0.444 e. The van der Waals surface area contributed by atoms with Gasteiger partial charge in [-0.3, -0.25) is 4.98 Å². The molecular formula is C20H24N2O3. The van der Waals surface area contributed by atoms with Crippen LogP contribution < -0.4 is 0 Å². The number of rotatable bonds is 3. The molecule has 0 unspecified atom stereocenters. The number of hydrogen-bond donors (Lipinski definition) is 0. The maximum Gasteiger partial charge on any atom is 0.410 e. The second kappa shape index (κ2) is 6.84. The van der Waals surface area contributed by atoms with Crippen LogP contribution in [0.5, 0.6) is 0 Å². The summed E-state index contributed by atoms with van der Waals surface area (Å²) in [6, 6.07) is 10.2. The SMILES string of the molecule is CN(C[C@H]1OCc2c(-c3ccncc3)cccc21)C(=O)OC(C)(C)C. The zero-order valence-corrected chi connectivity index (χ0v) is 15.2. The van der Waals surface area contributed by atoms with Crippen LogP contribution in [0.1, 0.15) is 38.0 Å². The molecule has 132 valence electrons. The van der Waals surface area contributed by atoms with Gasteiger partial charge in [-0.25, -0.2) is 4.79 Å². The average Bonchev–Trinajstić information content (AvgIpc) is 2.97. The minimum atomic E-state index is -0.506. The fraction of sp³-hybridized carbons (Fsp3) is 0.400. The Morgan fingerprint density at radius 1 is 1.28 bits per heavy atom. The highest BCUT2D eigenvalue weighted by molar-refractivity contribution is 5.70. The van der Waals surface area contributed by atoms with Gasteiger partial charge in [0.15, 0.2) is 0 Å². The number of amides is 1. The quantitative estimate of drug-likeness (QED) is 0.841. The van der Waals surface area contributed by atoms with Crippen LogP contribution in [-0.2, 0) is 16.1 Å². The summed E-state index contributed by atoms with van der Waals surface area (Å²) in [5.74, 6) is 0. The average molecular weight is 340 g/mol. The maximum absolute atomic E-state index is 12.2. The van der Waals surface area contributed by atoms with Gasteiger partial charge < -0.3 is 14.4 Å². The first-order valence-electron chi connectivity index (χ1n) is 8.43. The summed E-state index contributed by atoms with van der Waals surface area (Å²) in [7, 11) is 1.74. The van der Waals surface area contributed by atoms with Crippen LogP contribution in [0.4, 0.5) is 4.79 Å². The first-order valence-corrected chi connectivity index (χ1v) is 8.43. The fourth-order valence-corrected chi connectivity index (χ4v) is 2.96. The summed E-state index contributed by atoms with van der Waals surface area (Å²) in [6.45, 7) is 6.59. The summed E-state index contributed by atoms with van der Waals surface area (Å²) in [5, 5.41) is 0. The summed E-state index contributed by atoms with van der Waals surface area (Å²) in [5.41, 5.74) is 4.08. The monoisotopic (exact) mass is 340 g/mol. The van der Waals surface area contributed by atoms with E-state index in [1.807, 2.05) is 39.0 Å². The molecule has 5 nitrogen and oxygen atoms in total. The van der Waals surface area contributed by atoms with Crippen molar-refractivity contribution in [1.29, 1.82) is 0 Å². The number of carbonyl (C=O) groups excluding carboxylic acids is 1. The van der Waals surface area contributed by atoms with Crippen molar-refractivity contribution in [2.75, 3.05) is 13.6 Å². The van der Waals surface area contributed by atoms with Gasteiger partial charge in [0.1, 0.15) is 11.7 Å². The molecule has 5 heteroatoms. The molecule has 0 saturated heterocycles. The highest BCUT2D eigenvalue weighted by atomic mass is 16.6. The molecule has 0 aliphatic carbocycles. The Hall–Kier alpha value is -2.40. The molecule has 0 saturated carbocycles. The third-order valence-corrected chi connectivity index (χ3v) is 4.12. The number of aromatic nitrogens is 1. The normalized spacial score (nSPS) is 16.4. The molecule has 2 heterocycles. The lowest BCUT2D eigenvalue weighted by Gasteiger charge is -2.26. The van der Waals surface area contributed by atoms with Crippen molar-refractivity contribution in [1.82, 2.24) is 9.88 Å². The van der Waals surface area contributed by atoms with Crippen molar-refractivity contribution in [3.05, 3.63) is 53.9 Å². The highest BCUT2D eigenvalue weighted by Crippen LogP contribution is 2.37. The smallest absolute Gasteiger partial charge is 0.410 e. The van der Waals surface area contributed by atoms with Gasteiger partial charge >= 0.3 is 6.09 Å². The lowest BCUT2D eigenvalue weighted by Crippen LogP contribution is -2.36. The van der Waals surface area contributed by atoms with E-state index in [-0.39, 0.29) is 12.2 Å². The van der Waals surface area contributed by atoms with E-state index in [4.69, 9.17) is 9.47 Å². The number of ether oxygens (including phenoxy) is 2. The van der Waals surface area contributed by atoms with Crippen LogP contribution in [-0.4, -0.2) is 35.2 Å². The number of likely N-dealkylation sites (N-methyl/N-ethyl adjacent to an activating group) is 1. The molecule has 1 aliphatic heterocycles. The molecule has 25 heavy (non-hydrogen) atoms. The minimum absolute atomic E-state index is 0.144. The van der Waals surface area contributed by atoms with Crippen LogP contribution in [0.25, 0.3) is 11.1 Å². The second-order valence-corrected chi connectivity index (χ2v) is 7.27. The summed E-state index contributed by atoms with van der Waals surface area (Å²) in [6.07, 6.45) is 3.10. The Balaban J connectivity index is 1.78. The van der Waals surface area contributed by atoms with E-state index in [0.717, 1.165) is 16.7 Å². The molecule has 0 bridgehead atoms. The number of pyridine rings is 1. The zero-order valence-electron chi connectivity index (χ0n) is 15.2. The van der Waals surface area contributed by atoms with E-state index in [0.29, 0.717) is 13.2 Å². The predicted octanol–water partition coefficient (Wildman–Crippen LogP) is 4.19. The molecule has 0 spiro atoms. The van der Waals surface area contributed by atoms with E-state index >= 15 is 0 Å². The number of carbonyl (C=O) groups is 1. The van der Waals surface area contributed by atoms with E-state index in [2.05, 4.69) is 17.1 Å². The first kappa shape index (κ1) is 17.4. The van der Waals surface area contributed by atoms with Crippen LogP contribution in [0.2, 0.25) is 0 Å². The molecular weight excluding hydrogens is 316 g/mol. The van der Waals surface area contributed by atoms with Crippen molar-refractivity contribution in [3.63, 3.8) is 0 Å². The van der Waals surface area contributed by atoms with Gasteiger partial charge in [-0.05, 0) is 55.2 Å². The van der Waals surface area contributed by atoms with Crippen molar-refractivity contribution in [2.24, 2.45) is 0 Å². The van der Waals surface area contributed by atoms with Crippen molar-refractivity contribution < 1.29 is 14.3 Å². The molecule has 1 atom stereocenters. The van der Waals surface area contributed by atoms with Gasteiger partial charge in [-0.2, -0.15) is 0 Å². The van der Waals surface area contributed by atoms with Crippen LogP contribution in [0.3, 0.4) is 0 Å². The van der Waals surface area contributed by atoms with Gasteiger partial charge in [-0.15, -0.1) is 0 Å². The lowest BCUT2D eigenvalue weighted by molar-refractivity contribution is 0.00748. The number of hydrogen-bond acceptors (Lipinski definition) is 4. The van der Waals surface area contributed by atoms with Crippen molar-refractivity contribution in [2.45, 2.75) is 39.1 Å². The summed E-state index contributed by atoms with van der Waals surface area (Å²) < 4.78 is 11.4. The topological polar surface area (TPSA) is 51.7 Å². The third kappa shape index (κ3) is 3.99. The van der Waals surface area contributed by atoms with E-state index in [1.165, 1.54) is 5.56 Å². The predicted molar refractivity (Wildman–Crippen MR) is 96.1 cm³/mol. The molecule has 1 aromatic carbocycles. The van der Waals surface area contributed by atoms with Crippen LogP contribution >= 0.6 is 0 Å². The van der Waals surface area contributed by atoms with Crippen LogP contribution in [0.15, 0.2) is 42.7 Å². The van der Waals surface area contributed by atoms with Crippen LogP contribution in [0, 0.1) is 0 Å². The largest absolute Gasteiger partial charge is 0.444 e. The summed E-state index contributed by atoms with van der Waals surface area (Å²) >= 11 is 0. The molecule has 0 radical (unpaired) electrons. The molecule has 1 amide bonds. The molecule has 1 aliphatic rings. The molecule has 0 fully saturated rings. The Labute approximate surface area is 148 Å². The van der Waals surface area contributed by atoms with Gasteiger partial charge in [-0.1, -0.05) is 18.2 Å². The Morgan fingerprint density at radius 3 is 2.68 bits per heavy atom. The van der Waals surface area contributed by atoms with Gasteiger partial charge in [0.05, 0.1) is 13.2 Å². The molecule has 3 rings (SSSR count). The van der Waals surface area contributed by atoms with E-state index in [9.17, 15) is 4.79 Å². The van der Waals surface area contributed by atoms with E-state index < -0.39 is 5.60 Å². The molecule has 0 N–H and O–H groups in total. The zero-order chi connectivity index (χ0) is 18.0. The fourth-order valence-electron chi connectivity index (χ4n) is 2.96. The maximum atomic E-state index is 12.2. The Kier molecular flexibility index (Phi) is 4.77. The van der Waals surface area contributed by atoms with E-state index in [1.54, 1.807) is 24.3 Å². The number of nitrogens with zero attached hydrogens (tertiary/aromatic N) is 2. The second-order valence-electron chi connectivity index (χ2n) is 7.27. The van der Waals surface area contributed by atoms with Gasteiger partial charge in [0.2, 0.25) is 0 Å². The van der Waals surface area contributed by atoms with Crippen molar-refractivity contribution >= 4 is 6.09 Å². The molecule has 2 aromatic rings. The Morgan fingerprint density at radius 2 is 2.00 bits per heavy atom. The molecule has 1 aromatic heterocycles. The summed E-state index contributed by atoms with van der Waals surface area (Å²) in [4.78, 5) is 17.8. The number of fused-ring (bicyclic) bond motifs is 1. The third-order valence-electron chi connectivity index (χ3n) is 4.12. The highest BCUT2D eigenvalue weighted by Gasteiger charge is 2.29.